The molecule has 1 rings (SSSR count). The number of carbonyl (C=O) groups is 1. The van der Waals surface area contributed by atoms with Gasteiger partial charge < -0.3 is 20.5 Å². The Balaban J connectivity index is 2.15. The maximum atomic E-state index is 11.8. The second-order valence-electron chi connectivity index (χ2n) is 5.30. The van der Waals surface area contributed by atoms with Crippen LogP contribution in [-0.4, -0.2) is 45.4 Å². The highest BCUT2D eigenvalue weighted by Gasteiger charge is 2.27. The van der Waals surface area contributed by atoms with Gasteiger partial charge in [0.25, 0.3) is 0 Å². The lowest BCUT2D eigenvalue weighted by molar-refractivity contribution is -0.132. The smallest absolute Gasteiger partial charge is 0.248 e. The highest BCUT2D eigenvalue weighted by Crippen LogP contribution is 2.31. The highest BCUT2D eigenvalue weighted by molar-refractivity contribution is 5.80. The van der Waals surface area contributed by atoms with Gasteiger partial charge in [-0.2, -0.15) is 0 Å². The fourth-order valence-electron chi connectivity index (χ4n) is 2.56. The first-order valence-corrected chi connectivity index (χ1v) is 7.27. The number of carbonyl (C=O) groups excluding carboxylic acids is 1. The molecule has 0 spiro atoms. The molecule has 0 radical (unpaired) electrons. The molecule has 0 bridgehead atoms. The number of amides is 1. The van der Waals surface area contributed by atoms with Gasteiger partial charge in [-0.3, -0.25) is 4.79 Å². The molecule has 1 aliphatic rings. The minimum atomic E-state index is -0.387. The molecule has 0 saturated heterocycles. The Kier molecular flexibility index (Phi) is 8.02. The van der Waals surface area contributed by atoms with Crippen molar-refractivity contribution in [3.8, 4) is 0 Å². The van der Waals surface area contributed by atoms with Gasteiger partial charge >= 0.3 is 0 Å². The standard InChI is InChI=1S/C14H28N2O3/c1-11(14(17)16-7-4-8-18-2)19-10-13-6-3-5-12(13)9-15/h11-13H,3-10,15H2,1-2H3,(H,16,17). The molecule has 0 aromatic carbocycles. The number of nitrogens with two attached hydrogens (primary N) is 1. The average Bonchev–Trinajstić information content (AvgIpc) is 2.88. The third-order valence-electron chi connectivity index (χ3n) is 3.87. The Labute approximate surface area is 116 Å². The molecular formula is C14H28N2O3. The molecule has 5 nitrogen and oxygen atoms in total. The molecule has 0 aliphatic heterocycles. The lowest BCUT2D eigenvalue weighted by atomic mass is 9.97. The van der Waals surface area contributed by atoms with E-state index < -0.39 is 0 Å². The number of hydrogen-bond donors (Lipinski definition) is 2. The minimum absolute atomic E-state index is 0.0431. The first kappa shape index (κ1) is 16.4. The van der Waals surface area contributed by atoms with E-state index >= 15 is 0 Å². The second-order valence-corrected chi connectivity index (χ2v) is 5.30. The molecule has 1 amide bonds. The van der Waals surface area contributed by atoms with Crippen molar-refractivity contribution in [2.45, 2.75) is 38.7 Å². The zero-order chi connectivity index (χ0) is 14.1. The van der Waals surface area contributed by atoms with Crippen LogP contribution in [0.4, 0.5) is 0 Å². The van der Waals surface area contributed by atoms with Crippen molar-refractivity contribution in [3.05, 3.63) is 0 Å². The van der Waals surface area contributed by atoms with Crippen molar-refractivity contribution < 1.29 is 14.3 Å². The fraction of sp³-hybridized carbons (Fsp3) is 0.929. The van der Waals surface area contributed by atoms with Gasteiger partial charge in [-0.05, 0) is 44.6 Å². The van der Waals surface area contributed by atoms with Crippen LogP contribution in [0.15, 0.2) is 0 Å². The van der Waals surface area contributed by atoms with Crippen LogP contribution in [0, 0.1) is 11.8 Å². The van der Waals surface area contributed by atoms with Gasteiger partial charge in [0.1, 0.15) is 6.10 Å². The van der Waals surface area contributed by atoms with E-state index in [0.29, 0.717) is 31.6 Å². The van der Waals surface area contributed by atoms with Crippen LogP contribution in [0.25, 0.3) is 0 Å². The number of methoxy groups -OCH3 is 1. The predicted octanol–water partition coefficient (Wildman–Crippen LogP) is 0.919. The molecule has 0 aromatic rings. The number of rotatable bonds is 9. The van der Waals surface area contributed by atoms with Crippen molar-refractivity contribution in [1.29, 1.82) is 0 Å². The molecule has 5 heteroatoms. The van der Waals surface area contributed by atoms with Gasteiger partial charge in [-0.1, -0.05) is 6.42 Å². The third kappa shape index (κ3) is 5.89. The first-order valence-electron chi connectivity index (χ1n) is 7.27. The van der Waals surface area contributed by atoms with E-state index in [1.165, 1.54) is 19.3 Å². The quantitative estimate of drug-likeness (QED) is 0.612. The zero-order valence-corrected chi connectivity index (χ0v) is 12.2. The number of ether oxygens (including phenoxy) is 2. The van der Waals surface area contributed by atoms with Crippen molar-refractivity contribution >= 4 is 5.91 Å². The normalized spacial score (nSPS) is 24.4. The fourth-order valence-corrected chi connectivity index (χ4v) is 2.56. The van der Waals surface area contributed by atoms with Crippen LogP contribution in [0.1, 0.15) is 32.6 Å². The summed E-state index contributed by atoms with van der Waals surface area (Å²) in [5.74, 6) is 1.05. The zero-order valence-electron chi connectivity index (χ0n) is 12.2. The molecule has 3 N–H and O–H groups in total. The maximum absolute atomic E-state index is 11.8. The van der Waals surface area contributed by atoms with E-state index in [1.54, 1.807) is 14.0 Å². The molecule has 1 saturated carbocycles. The summed E-state index contributed by atoms with van der Waals surface area (Å²) in [5, 5.41) is 2.85. The summed E-state index contributed by atoms with van der Waals surface area (Å²) in [6, 6.07) is 0. The van der Waals surface area contributed by atoms with Crippen LogP contribution in [0.3, 0.4) is 0 Å². The summed E-state index contributed by atoms with van der Waals surface area (Å²) in [7, 11) is 1.66. The highest BCUT2D eigenvalue weighted by atomic mass is 16.5. The molecule has 0 heterocycles. The van der Waals surface area contributed by atoms with Crippen LogP contribution in [-0.2, 0) is 14.3 Å². The summed E-state index contributed by atoms with van der Waals surface area (Å²) in [6.07, 6.45) is 4.04. The summed E-state index contributed by atoms with van der Waals surface area (Å²) in [6.45, 7) is 4.48. The van der Waals surface area contributed by atoms with Gasteiger partial charge in [-0.15, -0.1) is 0 Å². The lowest BCUT2D eigenvalue weighted by Crippen LogP contribution is -2.36. The summed E-state index contributed by atoms with van der Waals surface area (Å²) < 4.78 is 10.6. The predicted molar refractivity (Wildman–Crippen MR) is 74.8 cm³/mol. The maximum Gasteiger partial charge on any atom is 0.248 e. The van der Waals surface area contributed by atoms with Crippen LogP contribution < -0.4 is 11.1 Å². The Hall–Kier alpha value is -0.650. The molecule has 0 aromatic heterocycles. The van der Waals surface area contributed by atoms with E-state index in [-0.39, 0.29) is 12.0 Å². The minimum Gasteiger partial charge on any atom is -0.385 e. The van der Waals surface area contributed by atoms with Crippen molar-refractivity contribution in [1.82, 2.24) is 5.32 Å². The van der Waals surface area contributed by atoms with Crippen LogP contribution >= 0.6 is 0 Å². The topological polar surface area (TPSA) is 73.6 Å². The van der Waals surface area contributed by atoms with Crippen molar-refractivity contribution in [2.24, 2.45) is 17.6 Å². The van der Waals surface area contributed by atoms with Crippen molar-refractivity contribution in [2.75, 3.05) is 33.4 Å². The van der Waals surface area contributed by atoms with Gasteiger partial charge in [0.15, 0.2) is 0 Å². The molecule has 3 atom stereocenters. The van der Waals surface area contributed by atoms with E-state index in [2.05, 4.69) is 5.32 Å². The number of hydrogen-bond acceptors (Lipinski definition) is 4. The largest absolute Gasteiger partial charge is 0.385 e. The van der Waals surface area contributed by atoms with Gasteiger partial charge in [-0.25, -0.2) is 0 Å². The van der Waals surface area contributed by atoms with E-state index in [4.69, 9.17) is 15.2 Å². The first-order chi connectivity index (χ1) is 9.19. The summed E-state index contributed by atoms with van der Waals surface area (Å²) in [5.41, 5.74) is 5.74. The monoisotopic (exact) mass is 272 g/mol. The summed E-state index contributed by atoms with van der Waals surface area (Å²) in [4.78, 5) is 11.8. The Morgan fingerprint density at radius 1 is 1.42 bits per heavy atom. The van der Waals surface area contributed by atoms with E-state index in [0.717, 1.165) is 13.0 Å². The lowest BCUT2D eigenvalue weighted by Gasteiger charge is -2.20. The molecular weight excluding hydrogens is 244 g/mol. The SMILES string of the molecule is COCCCNC(=O)C(C)OCC1CCCC1CN. The van der Waals surface area contributed by atoms with E-state index in [9.17, 15) is 4.79 Å². The van der Waals surface area contributed by atoms with Crippen LogP contribution in [0.5, 0.6) is 0 Å². The van der Waals surface area contributed by atoms with Crippen molar-refractivity contribution in [3.63, 3.8) is 0 Å². The Morgan fingerprint density at radius 2 is 2.16 bits per heavy atom. The third-order valence-corrected chi connectivity index (χ3v) is 3.87. The van der Waals surface area contributed by atoms with Gasteiger partial charge in [0.2, 0.25) is 5.91 Å². The molecule has 112 valence electrons. The Morgan fingerprint density at radius 3 is 2.84 bits per heavy atom. The average molecular weight is 272 g/mol. The molecule has 19 heavy (non-hydrogen) atoms. The van der Waals surface area contributed by atoms with Gasteiger partial charge in [0, 0.05) is 20.3 Å². The van der Waals surface area contributed by atoms with Gasteiger partial charge in [0.05, 0.1) is 6.61 Å². The molecule has 1 fully saturated rings. The molecule has 3 unspecified atom stereocenters. The Bertz CT molecular complexity index is 261. The second kappa shape index (κ2) is 9.28. The van der Waals surface area contributed by atoms with Crippen LogP contribution in [0.2, 0.25) is 0 Å². The number of nitrogens with one attached hydrogen (secondary N) is 1. The summed E-state index contributed by atoms with van der Waals surface area (Å²) >= 11 is 0. The molecule has 1 aliphatic carbocycles. The van der Waals surface area contributed by atoms with E-state index in [1.807, 2.05) is 0 Å².